The molecular formula is C26H32F3N5O. The average molecular weight is 488 g/mol. The van der Waals surface area contributed by atoms with Gasteiger partial charge in [-0.15, -0.1) is 0 Å². The molecule has 0 spiro atoms. The van der Waals surface area contributed by atoms with Gasteiger partial charge in [0, 0.05) is 48.9 Å². The zero-order chi connectivity index (χ0) is 25.2. The first kappa shape index (κ1) is 25.2. The van der Waals surface area contributed by atoms with Gasteiger partial charge in [-0.1, -0.05) is 0 Å². The Hall–Kier alpha value is -2.86. The summed E-state index contributed by atoms with van der Waals surface area (Å²) in [4.78, 5) is 21.2. The Kier molecular flexibility index (Phi) is 7.50. The van der Waals surface area contributed by atoms with Crippen molar-refractivity contribution >= 4 is 22.5 Å². The number of halogens is 3. The summed E-state index contributed by atoms with van der Waals surface area (Å²) >= 11 is 0. The minimum atomic E-state index is -4.37. The smallest absolute Gasteiger partial charge is 0.368 e. The van der Waals surface area contributed by atoms with Gasteiger partial charge in [-0.05, 0) is 76.4 Å². The number of hydrogen-bond acceptors (Lipinski definition) is 5. The largest absolute Gasteiger partial charge is 0.393 e. The number of likely N-dealkylation sites (tertiary alicyclic amines) is 1. The van der Waals surface area contributed by atoms with Crippen LogP contribution in [-0.4, -0.2) is 60.2 Å². The fraction of sp³-hybridized carbons (Fsp3) is 0.577. The van der Waals surface area contributed by atoms with Crippen LogP contribution in [-0.2, 0) is 4.79 Å². The van der Waals surface area contributed by atoms with E-state index in [0.29, 0.717) is 34.6 Å². The van der Waals surface area contributed by atoms with Crippen LogP contribution in [0.2, 0.25) is 0 Å². The number of nitrogens with one attached hydrogen (secondary N) is 1. The molecule has 1 unspecified atom stereocenters. The Bertz CT molecular complexity index is 1090. The molecule has 0 aliphatic carbocycles. The van der Waals surface area contributed by atoms with Crippen LogP contribution < -0.4 is 10.2 Å². The summed E-state index contributed by atoms with van der Waals surface area (Å²) < 4.78 is 41.5. The molecule has 1 amide bonds. The van der Waals surface area contributed by atoms with Crippen molar-refractivity contribution in [2.24, 2.45) is 11.8 Å². The van der Waals surface area contributed by atoms with Crippen molar-refractivity contribution in [2.75, 3.05) is 31.1 Å². The van der Waals surface area contributed by atoms with Crippen LogP contribution in [0.25, 0.3) is 10.9 Å². The molecule has 0 bridgehead atoms. The number of amides is 1. The van der Waals surface area contributed by atoms with Crippen LogP contribution in [0.3, 0.4) is 0 Å². The number of aromatic nitrogens is 1. The first-order chi connectivity index (χ1) is 16.7. The molecule has 1 aromatic carbocycles. The summed E-state index contributed by atoms with van der Waals surface area (Å²) in [6, 6.07) is 8.72. The number of carbonyl (C=O) groups excluding carboxylic acids is 1. The van der Waals surface area contributed by atoms with Gasteiger partial charge in [-0.25, -0.2) is 0 Å². The highest BCUT2D eigenvalue weighted by atomic mass is 19.4. The molecule has 0 saturated carbocycles. The third-order valence-corrected chi connectivity index (χ3v) is 7.34. The Morgan fingerprint density at radius 1 is 1.23 bits per heavy atom. The minimum Gasteiger partial charge on any atom is -0.368 e. The number of carbonyl (C=O) groups is 1. The first-order valence-electron chi connectivity index (χ1n) is 12.3. The minimum absolute atomic E-state index is 0.135. The molecule has 2 saturated heterocycles. The zero-order valence-electron chi connectivity index (χ0n) is 20.2. The summed E-state index contributed by atoms with van der Waals surface area (Å²) in [5.74, 6) is -1.47. The summed E-state index contributed by atoms with van der Waals surface area (Å²) in [5, 5.41) is 12.9. The molecule has 4 rings (SSSR count). The number of alkyl halides is 3. The standard InChI is InChI=1S/C26H32F3N5O/c1-17(2)33-10-7-18(8-11-33)12-24(35)32-21-13-20(26(27,28)29)15-34(16-21)23-6-5-19(14-30)25-22(23)4-3-9-31-25/h3-6,9,17-18,20-21H,7-8,10-13,15-16H2,1-2H3,(H,32,35)/t20?,21-/m1/s1. The number of hydrogen-bond donors (Lipinski definition) is 1. The van der Waals surface area contributed by atoms with Crippen LogP contribution in [0.1, 0.15) is 45.1 Å². The van der Waals surface area contributed by atoms with Crippen LogP contribution in [0, 0.1) is 23.2 Å². The number of pyridine rings is 1. The third-order valence-electron chi connectivity index (χ3n) is 7.34. The second-order valence-electron chi connectivity index (χ2n) is 10.1. The highest BCUT2D eigenvalue weighted by molar-refractivity contribution is 5.95. The molecule has 35 heavy (non-hydrogen) atoms. The van der Waals surface area contributed by atoms with E-state index in [-0.39, 0.29) is 31.3 Å². The van der Waals surface area contributed by atoms with Crippen molar-refractivity contribution in [3.05, 3.63) is 36.0 Å². The van der Waals surface area contributed by atoms with E-state index in [0.717, 1.165) is 25.9 Å². The predicted octanol–water partition coefficient (Wildman–Crippen LogP) is 4.49. The van der Waals surface area contributed by atoms with Crippen LogP contribution in [0.4, 0.5) is 18.9 Å². The SMILES string of the molecule is CC(C)N1CCC(CC(=O)N[C@@H]2CC(C(F)(F)F)CN(c3ccc(C#N)c4ncccc34)C2)CC1. The molecule has 3 heterocycles. The predicted molar refractivity (Wildman–Crippen MR) is 129 cm³/mol. The normalized spacial score (nSPS) is 22.4. The topological polar surface area (TPSA) is 72.3 Å². The van der Waals surface area contributed by atoms with Crippen molar-refractivity contribution in [3.8, 4) is 6.07 Å². The molecule has 2 atom stereocenters. The lowest BCUT2D eigenvalue weighted by atomic mass is 9.90. The van der Waals surface area contributed by atoms with Crippen molar-refractivity contribution in [1.82, 2.24) is 15.2 Å². The van der Waals surface area contributed by atoms with E-state index in [4.69, 9.17) is 0 Å². The van der Waals surface area contributed by atoms with Crippen molar-refractivity contribution in [1.29, 1.82) is 5.26 Å². The summed E-state index contributed by atoms with van der Waals surface area (Å²) in [6.07, 6.45) is -0.731. The number of nitriles is 1. The summed E-state index contributed by atoms with van der Waals surface area (Å²) in [5.41, 5.74) is 1.44. The van der Waals surface area contributed by atoms with E-state index in [9.17, 15) is 23.2 Å². The molecule has 1 aromatic heterocycles. The lowest BCUT2D eigenvalue weighted by Gasteiger charge is -2.40. The van der Waals surface area contributed by atoms with E-state index >= 15 is 0 Å². The van der Waals surface area contributed by atoms with Crippen LogP contribution >= 0.6 is 0 Å². The highest BCUT2D eigenvalue weighted by Gasteiger charge is 2.45. The third kappa shape index (κ3) is 5.87. The van der Waals surface area contributed by atoms with Gasteiger partial charge < -0.3 is 15.1 Å². The zero-order valence-corrected chi connectivity index (χ0v) is 20.2. The molecule has 2 aliphatic rings. The second kappa shape index (κ2) is 10.4. The van der Waals surface area contributed by atoms with Gasteiger partial charge in [0.25, 0.3) is 0 Å². The number of fused-ring (bicyclic) bond motifs is 1. The van der Waals surface area contributed by atoms with Gasteiger partial charge >= 0.3 is 6.18 Å². The Morgan fingerprint density at radius 2 is 1.97 bits per heavy atom. The van der Waals surface area contributed by atoms with Gasteiger partial charge in [0.05, 0.1) is 17.0 Å². The molecule has 188 valence electrons. The van der Waals surface area contributed by atoms with Gasteiger partial charge in [0.2, 0.25) is 5.91 Å². The fourth-order valence-corrected chi connectivity index (χ4v) is 5.38. The van der Waals surface area contributed by atoms with Crippen LogP contribution in [0.15, 0.2) is 30.5 Å². The number of rotatable bonds is 5. The number of nitrogens with zero attached hydrogens (tertiary/aromatic N) is 4. The van der Waals surface area contributed by atoms with Crippen molar-refractivity contribution in [3.63, 3.8) is 0 Å². The molecule has 6 nitrogen and oxygen atoms in total. The van der Waals surface area contributed by atoms with Crippen LogP contribution in [0.5, 0.6) is 0 Å². The number of benzene rings is 1. The summed E-state index contributed by atoms with van der Waals surface area (Å²) in [6.45, 7) is 6.29. The molecule has 2 fully saturated rings. The molecule has 2 aliphatic heterocycles. The van der Waals surface area contributed by atoms with E-state index in [1.54, 1.807) is 35.4 Å². The van der Waals surface area contributed by atoms with Crippen molar-refractivity contribution < 1.29 is 18.0 Å². The number of piperidine rings is 2. The molecule has 0 radical (unpaired) electrons. The molecule has 1 N–H and O–H groups in total. The Morgan fingerprint density at radius 3 is 2.63 bits per heavy atom. The molecule has 9 heteroatoms. The van der Waals surface area contributed by atoms with Gasteiger partial charge in [0.15, 0.2) is 0 Å². The van der Waals surface area contributed by atoms with E-state index in [1.165, 1.54) is 0 Å². The maximum absolute atomic E-state index is 13.8. The quantitative estimate of drug-likeness (QED) is 0.673. The average Bonchev–Trinajstić information content (AvgIpc) is 2.82. The number of anilines is 1. The van der Waals surface area contributed by atoms with E-state index in [2.05, 4.69) is 35.1 Å². The lowest BCUT2D eigenvalue weighted by Crippen LogP contribution is -2.54. The monoisotopic (exact) mass is 487 g/mol. The van der Waals surface area contributed by atoms with Gasteiger partial charge in [-0.2, -0.15) is 18.4 Å². The molecular weight excluding hydrogens is 455 g/mol. The van der Waals surface area contributed by atoms with Gasteiger partial charge in [0.1, 0.15) is 6.07 Å². The maximum atomic E-state index is 13.8. The second-order valence-corrected chi connectivity index (χ2v) is 10.1. The van der Waals surface area contributed by atoms with E-state index < -0.39 is 18.1 Å². The highest BCUT2D eigenvalue weighted by Crippen LogP contribution is 2.37. The lowest BCUT2D eigenvalue weighted by molar-refractivity contribution is -0.178. The van der Waals surface area contributed by atoms with E-state index in [1.807, 2.05) is 0 Å². The first-order valence-corrected chi connectivity index (χ1v) is 12.3. The summed E-state index contributed by atoms with van der Waals surface area (Å²) in [7, 11) is 0. The molecule has 2 aromatic rings. The van der Waals surface area contributed by atoms with Gasteiger partial charge in [-0.3, -0.25) is 9.78 Å². The maximum Gasteiger partial charge on any atom is 0.393 e. The Labute approximate surface area is 204 Å². The van der Waals surface area contributed by atoms with Crippen molar-refractivity contribution in [2.45, 2.75) is 57.8 Å². The fourth-order valence-electron chi connectivity index (χ4n) is 5.38. The Balaban J connectivity index is 1.49.